The molecular weight excluding hydrogens is 176 g/mol. The third-order valence-corrected chi connectivity index (χ3v) is 2.31. The van der Waals surface area contributed by atoms with E-state index in [4.69, 9.17) is 18.9 Å². The lowest BCUT2D eigenvalue weighted by Crippen LogP contribution is -2.69. The van der Waals surface area contributed by atoms with E-state index in [1.54, 1.807) is 6.92 Å². The zero-order chi connectivity index (χ0) is 10.1. The first-order valence-electron chi connectivity index (χ1n) is 3.96. The predicted octanol–water partition coefficient (Wildman–Crippen LogP) is -0.0642. The summed E-state index contributed by atoms with van der Waals surface area (Å²) in [6.07, 6.45) is -1.06. The summed E-state index contributed by atoms with van der Waals surface area (Å²) in [5.74, 6) is -1.51. The zero-order valence-corrected chi connectivity index (χ0v) is 8.20. The Bertz CT molecular complexity index is 205. The second-order valence-electron chi connectivity index (χ2n) is 2.84. The van der Waals surface area contributed by atoms with Gasteiger partial charge in [0.1, 0.15) is 6.10 Å². The third kappa shape index (κ3) is 1.33. The maximum Gasteiger partial charge on any atom is 0.345 e. The van der Waals surface area contributed by atoms with E-state index in [1.807, 2.05) is 0 Å². The van der Waals surface area contributed by atoms with Crippen LogP contribution in [0.4, 0.5) is 0 Å². The Balaban J connectivity index is 2.77. The van der Waals surface area contributed by atoms with Crippen LogP contribution in [-0.2, 0) is 23.7 Å². The van der Waals surface area contributed by atoms with Crippen molar-refractivity contribution in [2.45, 2.75) is 24.9 Å². The van der Waals surface area contributed by atoms with Crippen LogP contribution < -0.4 is 0 Å². The SMILES string of the molecule is COC(C)C1(OC)OC(=O)C1OC. The molecule has 1 aliphatic heterocycles. The van der Waals surface area contributed by atoms with Crippen molar-refractivity contribution in [3.63, 3.8) is 0 Å². The third-order valence-electron chi connectivity index (χ3n) is 2.31. The van der Waals surface area contributed by atoms with E-state index in [9.17, 15) is 4.79 Å². The molecule has 5 nitrogen and oxygen atoms in total. The predicted molar refractivity (Wildman–Crippen MR) is 43.1 cm³/mol. The summed E-state index contributed by atoms with van der Waals surface area (Å²) in [6, 6.07) is 0. The number of carbonyl (C=O) groups is 1. The second-order valence-corrected chi connectivity index (χ2v) is 2.84. The first-order valence-corrected chi connectivity index (χ1v) is 3.96. The van der Waals surface area contributed by atoms with Crippen molar-refractivity contribution in [1.29, 1.82) is 0 Å². The first-order chi connectivity index (χ1) is 6.12. The Morgan fingerprint density at radius 2 is 2.08 bits per heavy atom. The molecule has 1 rings (SSSR count). The summed E-state index contributed by atoms with van der Waals surface area (Å²) in [5, 5.41) is 0. The highest BCUT2D eigenvalue weighted by atomic mass is 16.8. The molecule has 5 heteroatoms. The Labute approximate surface area is 76.9 Å². The van der Waals surface area contributed by atoms with E-state index in [2.05, 4.69) is 0 Å². The summed E-state index contributed by atoms with van der Waals surface area (Å²) in [5.41, 5.74) is 0. The molecule has 13 heavy (non-hydrogen) atoms. The van der Waals surface area contributed by atoms with E-state index in [0.29, 0.717) is 0 Å². The molecule has 0 aromatic carbocycles. The number of cyclic esters (lactones) is 1. The normalized spacial score (nSPS) is 35.1. The summed E-state index contributed by atoms with van der Waals surface area (Å²) < 4.78 is 20.0. The second kappa shape index (κ2) is 3.61. The standard InChI is InChI=1S/C8H14O5/c1-5(10-2)8(12-4)6(11-3)7(9)13-8/h5-6H,1-4H3. The molecule has 0 amide bonds. The fourth-order valence-corrected chi connectivity index (χ4v) is 1.41. The highest BCUT2D eigenvalue weighted by Crippen LogP contribution is 2.35. The van der Waals surface area contributed by atoms with Crippen LogP contribution in [0.3, 0.4) is 0 Å². The van der Waals surface area contributed by atoms with Gasteiger partial charge in [0, 0.05) is 21.3 Å². The van der Waals surface area contributed by atoms with Gasteiger partial charge in [0.25, 0.3) is 5.79 Å². The van der Waals surface area contributed by atoms with E-state index in [1.165, 1.54) is 21.3 Å². The molecule has 0 bridgehead atoms. The number of hydrogen-bond donors (Lipinski definition) is 0. The topological polar surface area (TPSA) is 54.0 Å². The number of hydrogen-bond acceptors (Lipinski definition) is 5. The van der Waals surface area contributed by atoms with Crippen LogP contribution in [0.5, 0.6) is 0 Å². The van der Waals surface area contributed by atoms with Crippen molar-refractivity contribution >= 4 is 5.97 Å². The molecule has 3 atom stereocenters. The van der Waals surface area contributed by atoms with E-state index < -0.39 is 17.9 Å². The maximum atomic E-state index is 11.0. The lowest BCUT2D eigenvalue weighted by Gasteiger charge is -2.47. The summed E-state index contributed by atoms with van der Waals surface area (Å²) in [4.78, 5) is 11.0. The molecule has 0 aromatic rings. The highest BCUT2D eigenvalue weighted by Gasteiger charge is 2.62. The lowest BCUT2D eigenvalue weighted by molar-refractivity contribution is -0.349. The Kier molecular flexibility index (Phi) is 2.90. The van der Waals surface area contributed by atoms with Gasteiger partial charge in [-0.2, -0.15) is 0 Å². The van der Waals surface area contributed by atoms with Crippen LogP contribution in [0.2, 0.25) is 0 Å². The molecule has 0 aliphatic carbocycles. The number of rotatable bonds is 4. The first kappa shape index (κ1) is 10.4. The fraction of sp³-hybridized carbons (Fsp3) is 0.875. The summed E-state index contributed by atoms with van der Waals surface area (Å²) in [6.45, 7) is 1.75. The van der Waals surface area contributed by atoms with Gasteiger partial charge in [-0.25, -0.2) is 4.79 Å². The minimum Gasteiger partial charge on any atom is -0.424 e. The molecule has 1 aliphatic rings. The molecule has 3 unspecified atom stereocenters. The molecule has 0 N–H and O–H groups in total. The van der Waals surface area contributed by atoms with Crippen LogP contribution >= 0.6 is 0 Å². The van der Waals surface area contributed by atoms with Crippen LogP contribution in [0.15, 0.2) is 0 Å². The lowest BCUT2D eigenvalue weighted by atomic mass is 9.98. The van der Waals surface area contributed by atoms with Crippen molar-refractivity contribution in [3.8, 4) is 0 Å². The molecule has 0 saturated carbocycles. The number of methoxy groups -OCH3 is 3. The van der Waals surface area contributed by atoms with Crippen molar-refractivity contribution < 1.29 is 23.7 Å². The molecule has 0 radical (unpaired) electrons. The van der Waals surface area contributed by atoms with Crippen LogP contribution in [-0.4, -0.2) is 45.3 Å². The van der Waals surface area contributed by atoms with Gasteiger partial charge in [-0.3, -0.25) is 0 Å². The van der Waals surface area contributed by atoms with Crippen LogP contribution in [0, 0.1) is 0 Å². The van der Waals surface area contributed by atoms with Gasteiger partial charge < -0.3 is 18.9 Å². The van der Waals surface area contributed by atoms with E-state index >= 15 is 0 Å². The van der Waals surface area contributed by atoms with E-state index in [0.717, 1.165) is 0 Å². The van der Waals surface area contributed by atoms with Gasteiger partial charge in [-0.1, -0.05) is 0 Å². The van der Waals surface area contributed by atoms with Crippen molar-refractivity contribution in [2.75, 3.05) is 21.3 Å². The van der Waals surface area contributed by atoms with Crippen molar-refractivity contribution in [3.05, 3.63) is 0 Å². The number of ether oxygens (including phenoxy) is 4. The monoisotopic (exact) mass is 190 g/mol. The Hall–Kier alpha value is -0.650. The molecule has 76 valence electrons. The van der Waals surface area contributed by atoms with Gasteiger partial charge >= 0.3 is 5.97 Å². The van der Waals surface area contributed by atoms with Crippen molar-refractivity contribution in [2.24, 2.45) is 0 Å². The van der Waals surface area contributed by atoms with Crippen LogP contribution in [0.25, 0.3) is 0 Å². The number of esters is 1. The molecular formula is C8H14O5. The Morgan fingerprint density at radius 1 is 1.46 bits per heavy atom. The van der Waals surface area contributed by atoms with Gasteiger partial charge in [-0.05, 0) is 6.92 Å². The van der Waals surface area contributed by atoms with Gasteiger partial charge in [0.05, 0.1) is 0 Å². The molecule has 1 saturated heterocycles. The molecule has 1 fully saturated rings. The van der Waals surface area contributed by atoms with E-state index in [-0.39, 0.29) is 6.10 Å². The van der Waals surface area contributed by atoms with Crippen molar-refractivity contribution in [1.82, 2.24) is 0 Å². The average molecular weight is 190 g/mol. The molecule has 1 heterocycles. The van der Waals surface area contributed by atoms with Crippen LogP contribution in [0.1, 0.15) is 6.92 Å². The molecule has 0 aromatic heterocycles. The largest absolute Gasteiger partial charge is 0.424 e. The fourth-order valence-electron chi connectivity index (χ4n) is 1.41. The minimum absolute atomic E-state index is 0.361. The average Bonchev–Trinajstić information content (AvgIpc) is 2.13. The zero-order valence-electron chi connectivity index (χ0n) is 8.20. The smallest absolute Gasteiger partial charge is 0.345 e. The summed E-state index contributed by atoms with van der Waals surface area (Å²) in [7, 11) is 4.40. The highest BCUT2D eigenvalue weighted by molar-refractivity contribution is 5.82. The quantitative estimate of drug-likeness (QED) is 0.581. The van der Waals surface area contributed by atoms with Gasteiger partial charge in [-0.15, -0.1) is 0 Å². The Morgan fingerprint density at radius 3 is 2.38 bits per heavy atom. The molecule has 0 spiro atoms. The maximum absolute atomic E-state index is 11.0. The minimum atomic E-state index is -1.08. The summed E-state index contributed by atoms with van der Waals surface area (Å²) >= 11 is 0. The van der Waals surface area contributed by atoms with Gasteiger partial charge in [0.15, 0.2) is 0 Å². The van der Waals surface area contributed by atoms with Gasteiger partial charge in [0.2, 0.25) is 6.10 Å². The number of carbonyl (C=O) groups excluding carboxylic acids is 1.